The lowest BCUT2D eigenvalue weighted by Crippen LogP contribution is -2.38. The lowest BCUT2D eigenvalue weighted by atomic mass is 9.90. The van der Waals surface area contributed by atoms with Gasteiger partial charge in [-0.3, -0.25) is 4.68 Å². The molecule has 1 N–H and O–H groups in total. The maximum absolute atomic E-state index is 6.17. The molecule has 1 fully saturated rings. The maximum Gasteiger partial charge on any atom is 0.0837 e. The van der Waals surface area contributed by atoms with Gasteiger partial charge in [0.2, 0.25) is 0 Å². The number of aryl methyl sites for hydroxylation is 1. The van der Waals surface area contributed by atoms with E-state index in [-0.39, 0.29) is 5.54 Å². The zero-order valence-corrected chi connectivity index (χ0v) is 9.43. The lowest BCUT2D eigenvalue weighted by molar-refractivity contribution is 0.349. The van der Waals surface area contributed by atoms with Gasteiger partial charge in [-0.25, -0.2) is 0 Å². The van der Waals surface area contributed by atoms with Crippen LogP contribution in [0, 0.1) is 0 Å². The Labute approximate surface area is 89.4 Å². The normalized spacial score (nSPS) is 27.1. The Morgan fingerprint density at radius 2 is 2.50 bits per heavy atom. The van der Waals surface area contributed by atoms with Gasteiger partial charge in [-0.05, 0) is 25.8 Å². The van der Waals surface area contributed by atoms with Gasteiger partial charge in [0.05, 0.1) is 22.5 Å². The quantitative estimate of drug-likeness (QED) is 0.815. The minimum Gasteiger partial charge on any atom is -0.306 e. The molecule has 14 heavy (non-hydrogen) atoms. The van der Waals surface area contributed by atoms with E-state index in [1.807, 2.05) is 11.7 Å². The Balaban J connectivity index is 2.45. The van der Waals surface area contributed by atoms with Crippen LogP contribution < -0.4 is 5.32 Å². The van der Waals surface area contributed by atoms with E-state index >= 15 is 0 Å². The minimum atomic E-state index is 0.0579. The molecule has 1 aliphatic rings. The fourth-order valence-corrected chi connectivity index (χ4v) is 2.77. The van der Waals surface area contributed by atoms with E-state index in [2.05, 4.69) is 17.3 Å². The van der Waals surface area contributed by atoms with Crippen molar-refractivity contribution >= 4 is 11.6 Å². The molecule has 78 valence electrons. The van der Waals surface area contributed by atoms with Crippen LogP contribution in [0.1, 0.15) is 31.9 Å². The summed E-state index contributed by atoms with van der Waals surface area (Å²) in [5.41, 5.74) is 1.20. The van der Waals surface area contributed by atoms with Crippen LogP contribution in [0.2, 0.25) is 5.02 Å². The number of rotatable bonds is 2. The van der Waals surface area contributed by atoms with Crippen LogP contribution in [-0.4, -0.2) is 16.3 Å². The Morgan fingerprint density at radius 1 is 1.71 bits per heavy atom. The summed E-state index contributed by atoms with van der Waals surface area (Å²) in [6.45, 7) is 3.27. The van der Waals surface area contributed by atoms with E-state index in [1.165, 1.54) is 6.42 Å². The zero-order chi connectivity index (χ0) is 10.2. The van der Waals surface area contributed by atoms with Crippen molar-refractivity contribution in [2.24, 2.45) is 7.05 Å². The number of hydrogen-bond acceptors (Lipinski definition) is 2. The summed E-state index contributed by atoms with van der Waals surface area (Å²) in [6.07, 6.45) is 5.17. The average molecular weight is 214 g/mol. The van der Waals surface area contributed by atoms with Gasteiger partial charge in [0.25, 0.3) is 0 Å². The van der Waals surface area contributed by atoms with Crippen LogP contribution in [0.5, 0.6) is 0 Å². The first-order chi connectivity index (χ1) is 6.69. The highest BCUT2D eigenvalue weighted by Gasteiger charge is 2.37. The summed E-state index contributed by atoms with van der Waals surface area (Å²) in [5.74, 6) is 0. The van der Waals surface area contributed by atoms with E-state index in [0.29, 0.717) is 0 Å². The van der Waals surface area contributed by atoms with Crippen molar-refractivity contribution in [3.63, 3.8) is 0 Å². The molecule has 1 aromatic heterocycles. The average Bonchev–Trinajstić information content (AvgIpc) is 2.75. The molecule has 0 aliphatic carbocycles. The molecule has 1 saturated heterocycles. The van der Waals surface area contributed by atoms with Crippen molar-refractivity contribution in [1.29, 1.82) is 0 Å². The van der Waals surface area contributed by atoms with Crippen LogP contribution >= 0.6 is 11.6 Å². The molecule has 0 saturated carbocycles. The van der Waals surface area contributed by atoms with Crippen molar-refractivity contribution in [3.8, 4) is 0 Å². The SMILES string of the molecule is CCC1(c2c(Cl)cnn2C)CCCN1. The number of aromatic nitrogens is 2. The smallest absolute Gasteiger partial charge is 0.0837 e. The summed E-state index contributed by atoms with van der Waals surface area (Å²) in [5, 5.41) is 8.54. The molecule has 0 spiro atoms. The Bertz CT molecular complexity index is 307. The fraction of sp³-hybridized carbons (Fsp3) is 0.700. The summed E-state index contributed by atoms with van der Waals surface area (Å²) >= 11 is 6.17. The van der Waals surface area contributed by atoms with E-state index < -0.39 is 0 Å². The molecule has 4 heteroatoms. The van der Waals surface area contributed by atoms with E-state index in [4.69, 9.17) is 11.6 Å². The molecular weight excluding hydrogens is 198 g/mol. The predicted octanol–water partition coefficient (Wildman–Crippen LogP) is 2.06. The van der Waals surface area contributed by atoms with Gasteiger partial charge in [-0.15, -0.1) is 0 Å². The van der Waals surface area contributed by atoms with Crippen molar-refractivity contribution < 1.29 is 0 Å². The Kier molecular flexibility index (Phi) is 2.54. The van der Waals surface area contributed by atoms with Crippen molar-refractivity contribution in [3.05, 3.63) is 16.9 Å². The lowest BCUT2D eigenvalue weighted by Gasteiger charge is -2.28. The third-order valence-electron chi connectivity index (χ3n) is 3.19. The minimum absolute atomic E-state index is 0.0579. The molecule has 1 aromatic rings. The maximum atomic E-state index is 6.17. The highest BCUT2D eigenvalue weighted by atomic mass is 35.5. The highest BCUT2D eigenvalue weighted by Crippen LogP contribution is 2.37. The third kappa shape index (κ3) is 1.35. The summed E-state index contributed by atoms with van der Waals surface area (Å²) in [6, 6.07) is 0. The number of nitrogens with one attached hydrogen (secondary N) is 1. The van der Waals surface area contributed by atoms with Gasteiger partial charge in [0, 0.05) is 7.05 Å². The van der Waals surface area contributed by atoms with E-state index in [9.17, 15) is 0 Å². The van der Waals surface area contributed by atoms with E-state index in [0.717, 1.165) is 30.1 Å². The zero-order valence-electron chi connectivity index (χ0n) is 8.68. The van der Waals surface area contributed by atoms with Crippen LogP contribution in [0.3, 0.4) is 0 Å². The Morgan fingerprint density at radius 3 is 2.93 bits per heavy atom. The molecule has 1 aliphatic heterocycles. The first kappa shape index (κ1) is 9.99. The first-order valence-electron chi connectivity index (χ1n) is 5.12. The summed E-state index contributed by atoms with van der Waals surface area (Å²) < 4.78 is 1.89. The van der Waals surface area contributed by atoms with Crippen LogP contribution in [0.4, 0.5) is 0 Å². The topological polar surface area (TPSA) is 29.9 Å². The van der Waals surface area contributed by atoms with Gasteiger partial charge in [0.15, 0.2) is 0 Å². The number of halogens is 1. The second kappa shape index (κ2) is 3.55. The van der Waals surface area contributed by atoms with Gasteiger partial charge < -0.3 is 5.32 Å². The Hall–Kier alpha value is -0.540. The van der Waals surface area contributed by atoms with Gasteiger partial charge >= 0.3 is 0 Å². The van der Waals surface area contributed by atoms with Gasteiger partial charge in [0.1, 0.15) is 0 Å². The van der Waals surface area contributed by atoms with Crippen LogP contribution in [0.15, 0.2) is 6.20 Å². The first-order valence-corrected chi connectivity index (χ1v) is 5.50. The molecule has 0 aromatic carbocycles. The second-order valence-corrected chi connectivity index (χ2v) is 4.34. The summed E-state index contributed by atoms with van der Waals surface area (Å²) in [7, 11) is 1.96. The van der Waals surface area contributed by atoms with Gasteiger partial charge in [-0.2, -0.15) is 5.10 Å². The number of hydrogen-bond donors (Lipinski definition) is 1. The van der Waals surface area contributed by atoms with Crippen LogP contribution in [0.25, 0.3) is 0 Å². The fourth-order valence-electron chi connectivity index (χ4n) is 2.43. The van der Waals surface area contributed by atoms with Crippen molar-refractivity contribution in [1.82, 2.24) is 15.1 Å². The number of nitrogens with zero attached hydrogens (tertiary/aromatic N) is 2. The molecule has 3 nitrogen and oxygen atoms in total. The standard InChI is InChI=1S/C10H16ClN3/c1-3-10(5-4-6-12-10)9-8(11)7-13-14(9)2/h7,12H,3-6H2,1-2H3. The van der Waals surface area contributed by atoms with Gasteiger partial charge in [-0.1, -0.05) is 18.5 Å². The molecule has 1 atom stereocenters. The van der Waals surface area contributed by atoms with Crippen LogP contribution in [-0.2, 0) is 12.6 Å². The van der Waals surface area contributed by atoms with Crippen molar-refractivity contribution in [2.45, 2.75) is 31.7 Å². The third-order valence-corrected chi connectivity index (χ3v) is 3.47. The second-order valence-electron chi connectivity index (χ2n) is 3.93. The molecular formula is C10H16ClN3. The van der Waals surface area contributed by atoms with Crippen molar-refractivity contribution in [2.75, 3.05) is 6.54 Å². The highest BCUT2D eigenvalue weighted by molar-refractivity contribution is 6.31. The molecule has 1 unspecified atom stereocenters. The van der Waals surface area contributed by atoms with E-state index in [1.54, 1.807) is 6.20 Å². The largest absolute Gasteiger partial charge is 0.306 e. The predicted molar refractivity (Wildman–Crippen MR) is 57.4 cm³/mol. The molecule has 2 rings (SSSR count). The molecule has 0 amide bonds. The molecule has 2 heterocycles. The monoisotopic (exact) mass is 213 g/mol. The molecule has 0 bridgehead atoms. The molecule has 0 radical (unpaired) electrons. The summed E-state index contributed by atoms with van der Waals surface area (Å²) in [4.78, 5) is 0.